The standard InChI is InChI=1S/C15H20N2O/c1-12-9-13(10-16)3-4-14(12)11-17-7-5-15(18-2)6-8-17/h3-4,9,15H,5-8,11H2,1-2H3. The Kier molecular flexibility index (Phi) is 4.35. The second-order valence-corrected chi connectivity index (χ2v) is 4.96. The first kappa shape index (κ1) is 13.1. The van der Waals surface area contributed by atoms with Crippen LogP contribution in [-0.2, 0) is 11.3 Å². The Bertz CT molecular complexity index is 442. The van der Waals surface area contributed by atoms with Crippen molar-refractivity contribution in [1.29, 1.82) is 5.26 Å². The number of ether oxygens (including phenoxy) is 1. The Balaban J connectivity index is 1.96. The maximum Gasteiger partial charge on any atom is 0.0991 e. The number of hydrogen-bond donors (Lipinski definition) is 0. The molecule has 1 aromatic carbocycles. The third-order valence-electron chi connectivity index (χ3n) is 3.73. The third-order valence-corrected chi connectivity index (χ3v) is 3.73. The highest BCUT2D eigenvalue weighted by Crippen LogP contribution is 2.18. The van der Waals surface area contributed by atoms with Gasteiger partial charge in [0, 0.05) is 26.7 Å². The van der Waals surface area contributed by atoms with Crippen LogP contribution in [0, 0.1) is 18.3 Å². The molecule has 1 aliphatic heterocycles. The molecule has 0 aromatic heterocycles. The molecule has 0 N–H and O–H groups in total. The van der Waals surface area contributed by atoms with Crippen LogP contribution in [0.4, 0.5) is 0 Å². The number of aryl methyl sites for hydroxylation is 1. The molecule has 0 saturated carbocycles. The molecule has 0 atom stereocenters. The highest BCUT2D eigenvalue weighted by molar-refractivity contribution is 5.37. The normalized spacial score (nSPS) is 17.6. The van der Waals surface area contributed by atoms with Crippen LogP contribution in [-0.4, -0.2) is 31.2 Å². The van der Waals surface area contributed by atoms with Gasteiger partial charge in [0.25, 0.3) is 0 Å². The fraction of sp³-hybridized carbons (Fsp3) is 0.533. The lowest BCUT2D eigenvalue weighted by atomic mass is 10.0. The molecule has 0 radical (unpaired) electrons. The molecule has 0 unspecified atom stereocenters. The molecule has 0 spiro atoms. The van der Waals surface area contributed by atoms with Crippen LogP contribution in [0.1, 0.15) is 29.5 Å². The van der Waals surface area contributed by atoms with Gasteiger partial charge in [0.2, 0.25) is 0 Å². The lowest BCUT2D eigenvalue weighted by molar-refractivity contribution is 0.0388. The zero-order chi connectivity index (χ0) is 13.0. The largest absolute Gasteiger partial charge is 0.381 e. The average Bonchev–Trinajstić information content (AvgIpc) is 2.42. The summed E-state index contributed by atoms with van der Waals surface area (Å²) in [6.45, 7) is 5.25. The first-order valence-electron chi connectivity index (χ1n) is 6.47. The second-order valence-electron chi connectivity index (χ2n) is 4.96. The molecule has 0 aliphatic carbocycles. The van der Waals surface area contributed by atoms with E-state index in [9.17, 15) is 0 Å². The van der Waals surface area contributed by atoms with Crippen LogP contribution in [0.3, 0.4) is 0 Å². The molecule has 2 rings (SSSR count). The summed E-state index contributed by atoms with van der Waals surface area (Å²) in [6.07, 6.45) is 2.67. The number of nitriles is 1. The third kappa shape index (κ3) is 3.10. The molecule has 1 fully saturated rings. The number of hydrogen-bond acceptors (Lipinski definition) is 3. The van der Waals surface area contributed by atoms with Crippen molar-refractivity contribution in [1.82, 2.24) is 4.90 Å². The number of rotatable bonds is 3. The summed E-state index contributed by atoms with van der Waals surface area (Å²) in [5.74, 6) is 0. The van der Waals surface area contributed by atoms with Gasteiger partial charge in [-0.25, -0.2) is 0 Å². The molecular formula is C15H20N2O. The summed E-state index contributed by atoms with van der Waals surface area (Å²) < 4.78 is 5.38. The van der Waals surface area contributed by atoms with E-state index in [-0.39, 0.29) is 0 Å². The van der Waals surface area contributed by atoms with Crippen LogP contribution in [0.5, 0.6) is 0 Å². The molecule has 3 nitrogen and oxygen atoms in total. The number of piperidine rings is 1. The fourth-order valence-electron chi connectivity index (χ4n) is 2.49. The maximum absolute atomic E-state index is 8.86. The van der Waals surface area contributed by atoms with Crippen LogP contribution >= 0.6 is 0 Å². The van der Waals surface area contributed by atoms with Gasteiger partial charge in [-0.1, -0.05) is 6.07 Å². The van der Waals surface area contributed by atoms with Gasteiger partial charge in [-0.3, -0.25) is 4.90 Å². The summed E-state index contributed by atoms with van der Waals surface area (Å²) >= 11 is 0. The van der Waals surface area contributed by atoms with Crippen LogP contribution in [0.15, 0.2) is 18.2 Å². The number of methoxy groups -OCH3 is 1. The molecule has 96 valence electrons. The Hall–Kier alpha value is -1.37. The van der Waals surface area contributed by atoms with Crippen molar-refractivity contribution in [2.24, 2.45) is 0 Å². The van der Waals surface area contributed by atoms with Crippen molar-refractivity contribution in [3.05, 3.63) is 34.9 Å². The Morgan fingerprint density at radius 1 is 1.39 bits per heavy atom. The van der Waals surface area contributed by atoms with E-state index in [1.807, 2.05) is 12.1 Å². The summed E-state index contributed by atoms with van der Waals surface area (Å²) in [6, 6.07) is 8.14. The van der Waals surface area contributed by atoms with Crippen molar-refractivity contribution in [2.75, 3.05) is 20.2 Å². The van der Waals surface area contributed by atoms with Gasteiger partial charge in [-0.05, 0) is 43.0 Å². The minimum absolute atomic E-state index is 0.434. The monoisotopic (exact) mass is 244 g/mol. The first-order valence-corrected chi connectivity index (χ1v) is 6.47. The molecular weight excluding hydrogens is 224 g/mol. The molecule has 1 saturated heterocycles. The zero-order valence-electron chi connectivity index (χ0n) is 11.1. The second kappa shape index (κ2) is 5.99. The van der Waals surface area contributed by atoms with E-state index in [0.29, 0.717) is 6.10 Å². The topological polar surface area (TPSA) is 36.3 Å². The van der Waals surface area contributed by atoms with Gasteiger partial charge in [-0.2, -0.15) is 5.26 Å². The lowest BCUT2D eigenvalue weighted by Crippen LogP contribution is -2.36. The van der Waals surface area contributed by atoms with E-state index >= 15 is 0 Å². The predicted octanol–water partition coefficient (Wildman–Crippen LogP) is 2.48. The van der Waals surface area contributed by atoms with E-state index in [4.69, 9.17) is 10.00 Å². The molecule has 1 heterocycles. The quantitative estimate of drug-likeness (QED) is 0.819. The summed E-state index contributed by atoms with van der Waals surface area (Å²) in [4.78, 5) is 2.46. The van der Waals surface area contributed by atoms with Gasteiger partial charge in [0.05, 0.1) is 17.7 Å². The van der Waals surface area contributed by atoms with E-state index in [2.05, 4.69) is 24.0 Å². The molecule has 0 bridgehead atoms. The smallest absolute Gasteiger partial charge is 0.0991 e. The highest BCUT2D eigenvalue weighted by atomic mass is 16.5. The Labute approximate surface area is 109 Å². The van der Waals surface area contributed by atoms with E-state index in [0.717, 1.165) is 38.0 Å². The summed E-state index contributed by atoms with van der Waals surface area (Å²) in [5, 5.41) is 8.86. The number of nitrogens with zero attached hydrogens (tertiary/aromatic N) is 2. The van der Waals surface area contributed by atoms with Gasteiger partial charge in [-0.15, -0.1) is 0 Å². The summed E-state index contributed by atoms with van der Waals surface area (Å²) in [5.41, 5.74) is 3.28. The first-order chi connectivity index (χ1) is 8.72. The number of likely N-dealkylation sites (tertiary alicyclic amines) is 1. The fourth-order valence-corrected chi connectivity index (χ4v) is 2.49. The van der Waals surface area contributed by atoms with Crippen molar-refractivity contribution in [2.45, 2.75) is 32.4 Å². The van der Waals surface area contributed by atoms with Crippen LogP contribution in [0.2, 0.25) is 0 Å². The molecule has 1 aliphatic rings. The minimum atomic E-state index is 0.434. The van der Waals surface area contributed by atoms with Crippen LogP contribution in [0.25, 0.3) is 0 Å². The van der Waals surface area contributed by atoms with E-state index < -0.39 is 0 Å². The molecule has 18 heavy (non-hydrogen) atoms. The lowest BCUT2D eigenvalue weighted by Gasteiger charge is -2.31. The summed E-state index contributed by atoms with van der Waals surface area (Å²) in [7, 11) is 1.80. The van der Waals surface area contributed by atoms with Crippen molar-refractivity contribution < 1.29 is 4.74 Å². The highest BCUT2D eigenvalue weighted by Gasteiger charge is 2.18. The average molecular weight is 244 g/mol. The SMILES string of the molecule is COC1CCN(Cc2ccc(C#N)cc2C)CC1. The predicted molar refractivity (Wildman–Crippen MR) is 71.2 cm³/mol. The van der Waals surface area contributed by atoms with E-state index in [1.54, 1.807) is 7.11 Å². The Morgan fingerprint density at radius 3 is 2.67 bits per heavy atom. The number of benzene rings is 1. The van der Waals surface area contributed by atoms with Crippen molar-refractivity contribution >= 4 is 0 Å². The van der Waals surface area contributed by atoms with Crippen molar-refractivity contribution in [3.8, 4) is 6.07 Å². The van der Waals surface area contributed by atoms with Crippen molar-refractivity contribution in [3.63, 3.8) is 0 Å². The zero-order valence-corrected chi connectivity index (χ0v) is 11.1. The Morgan fingerprint density at radius 2 is 2.11 bits per heavy atom. The molecule has 3 heteroatoms. The maximum atomic E-state index is 8.86. The van der Waals surface area contributed by atoms with E-state index in [1.165, 1.54) is 11.1 Å². The molecule has 1 aromatic rings. The van der Waals surface area contributed by atoms with Gasteiger partial charge in [0.15, 0.2) is 0 Å². The van der Waals surface area contributed by atoms with Crippen LogP contribution < -0.4 is 0 Å². The molecule has 0 amide bonds. The minimum Gasteiger partial charge on any atom is -0.381 e. The van der Waals surface area contributed by atoms with Gasteiger partial charge in [0.1, 0.15) is 0 Å². The van der Waals surface area contributed by atoms with Gasteiger partial charge < -0.3 is 4.74 Å². The van der Waals surface area contributed by atoms with Gasteiger partial charge >= 0.3 is 0 Å².